The minimum Gasteiger partial charge on any atom is -0.348 e. The maximum atomic E-state index is 13.4. The van der Waals surface area contributed by atoms with E-state index < -0.39 is 34.1 Å². The first kappa shape index (κ1) is 23.6. The summed E-state index contributed by atoms with van der Waals surface area (Å²) < 4.78 is 26.3. The Morgan fingerprint density at radius 2 is 1.61 bits per heavy atom. The van der Waals surface area contributed by atoms with E-state index in [1.54, 1.807) is 4.90 Å². The Labute approximate surface area is 187 Å². The summed E-state index contributed by atoms with van der Waals surface area (Å²) in [6, 6.07) is 7.88. The van der Waals surface area contributed by atoms with Crippen LogP contribution in [0.4, 0.5) is 30.6 Å². The van der Waals surface area contributed by atoms with Crippen molar-refractivity contribution in [1.29, 1.82) is 0 Å². The van der Waals surface area contributed by atoms with Crippen LogP contribution in [-0.4, -0.2) is 47.3 Å². The van der Waals surface area contributed by atoms with Crippen molar-refractivity contribution in [2.75, 3.05) is 30.3 Å². The maximum Gasteiger partial charge on any atom is 0.321 e. The number of hydrogen-bond acceptors (Lipinski definition) is 5. The van der Waals surface area contributed by atoms with Gasteiger partial charge < -0.3 is 20.9 Å². The second kappa shape index (κ2) is 10.5. The molecule has 0 aliphatic carbocycles. The van der Waals surface area contributed by atoms with E-state index in [0.29, 0.717) is 31.6 Å². The van der Waals surface area contributed by atoms with Crippen LogP contribution in [0.2, 0.25) is 0 Å². The van der Waals surface area contributed by atoms with Crippen LogP contribution in [0.15, 0.2) is 42.5 Å². The van der Waals surface area contributed by atoms with Gasteiger partial charge >= 0.3 is 23.5 Å². The number of piperidine rings is 1. The molecule has 0 spiro atoms. The Morgan fingerprint density at radius 1 is 0.970 bits per heavy atom. The number of hydrogen-bond donors (Lipinski definition) is 3. The Kier molecular flexibility index (Phi) is 7.49. The highest BCUT2D eigenvalue weighted by Crippen LogP contribution is 2.22. The standard InChI is InChI=1S/C21H21F2N5O5/c22-14-1-3-15(4-2-14)26-21(31)27-9-7-13(8-10-27)12-24-19(29)20(30)25-16-5-6-17(23)18(11-16)28(32)33/h1-6,11,13H,7-10,12H2,(H,24,29)(H,25,30)(H,26,31). The number of benzene rings is 2. The summed E-state index contributed by atoms with van der Waals surface area (Å²) in [4.78, 5) is 47.8. The highest BCUT2D eigenvalue weighted by molar-refractivity contribution is 6.39. The fourth-order valence-corrected chi connectivity index (χ4v) is 3.31. The maximum absolute atomic E-state index is 13.4. The van der Waals surface area contributed by atoms with Gasteiger partial charge in [0.15, 0.2) is 0 Å². The molecule has 3 rings (SSSR count). The number of nitrogens with zero attached hydrogens (tertiary/aromatic N) is 2. The molecule has 1 aliphatic rings. The van der Waals surface area contributed by atoms with Crippen molar-refractivity contribution >= 4 is 34.9 Å². The average Bonchev–Trinajstić information content (AvgIpc) is 2.80. The molecule has 0 radical (unpaired) electrons. The van der Waals surface area contributed by atoms with Gasteiger partial charge in [0.1, 0.15) is 5.82 Å². The van der Waals surface area contributed by atoms with Crippen molar-refractivity contribution in [3.8, 4) is 0 Å². The van der Waals surface area contributed by atoms with E-state index in [-0.39, 0.29) is 24.2 Å². The Bertz CT molecular complexity index is 1060. The third kappa shape index (κ3) is 6.45. The molecule has 12 heteroatoms. The summed E-state index contributed by atoms with van der Waals surface area (Å²) in [5, 5.41) is 18.2. The molecule has 2 aromatic rings. The normalized spacial score (nSPS) is 13.8. The summed E-state index contributed by atoms with van der Waals surface area (Å²) in [6.45, 7) is 1.10. The first-order chi connectivity index (χ1) is 15.7. The van der Waals surface area contributed by atoms with Crippen LogP contribution in [0.1, 0.15) is 12.8 Å². The van der Waals surface area contributed by atoms with Gasteiger partial charge in [0.05, 0.1) is 4.92 Å². The van der Waals surface area contributed by atoms with E-state index in [0.717, 1.165) is 18.2 Å². The van der Waals surface area contributed by atoms with E-state index in [1.165, 1.54) is 24.3 Å². The van der Waals surface area contributed by atoms with Gasteiger partial charge in [-0.05, 0) is 55.2 Å². The average molecular weight is 461 g/mol. The van der Waals surface area contributed by atoms with Crippen LogP contribution < -0.4 is 16.0 Å². The minimum atomic E-state index is -1.06. The van der Waals surface area contributed by atoms with Crippen LogP contribution >= 0.6 is 0 Å². The molecule has 1 heterocycles. The number of carbonyl (C=O) groups is 3. The van der Waals surface area contributed by atoms with E-state index >= 15 is 0 Å². The zero-order chi connectivity index (χ0) is 24.0. The van der Waals surface area contributed by atoms with Gasteiger partial charge in [0.25, 0.3) is 0 Å². The fourth-order valence-electron chi connectivity index (χ4n) is 3.31. The molecule has 1 fully saturated rings. The third-order valence-corrected chi connectivity index (χ3v) is 5.16. The van der Waals surface area contributed by atoms with Crippen molar-refractivity contribution in [1.82, 2.24) is 10.2 Å². The third-order valence-electron chi connectivity index (χ3n) is 5.16. The number of likely N-dealkylation sites (tertiary alicyclic amines) is 1. The highest BCUT2D eigenvalue weighted by atomic mass is 19.1. The van der Waals surface area contributed by atoms with Crippen molar-refractivity contribution < 1.29 is 28.1 Å². The monoisotopic (exact) mass is 461 g/mol. The second-order valence-corrected chi connectivity index (χ2v) is 7.45. The first-order valence-electron chi connectivity index (χ1n) is 10.1. The summed E-state index contributed by atoms with van der Waals surface area (Å²) >= 11 is 0. The topological polar surface area (TPSA) is 134 Å². The van der Waals surface area contributed by atoms with Crippen molar-refractivity contribution in [2.45, 2.75) is 12.8 Å². The van der Waals surface area contributed by atoms with E-state index in [2.05, 4.69) is 16.0 Å². The molecule has 33 heavy (non-hydrogen) atoms. The van der Waals surface area contributed by atoms with Crippen molar-refractivity contribution in [3.05, 3.63) is 64.2 Å². The number of nitro groups is 1. The smallest absolute Gasteiger partial charge is 0.321 e. The Morgan fingerprint density at radius 3 is 2.24 bits per heavy atom. The number of rotatable bonds is 5. The van der Waals surface area contributed by atoms with Gasteiger partial charge in [-0.3, -0.25) is 19.7 Å². The number of urea groups is 1. The lowest BCUT2D eigenvalue weighted by atomic mass is 9.97. The molecule has 3 N–H and O–H groups in total. The molecule has 0 unspecified atom stereocenters. The lowest BCUT2D eigenvalue weighted by Crippen LogP contribution is -2.44. The lowest BCUT2D eigenvalue weighted by molar-refractivity contribution is -0.387. The fraction of sp³-hybridized carbons (Fsp3) is 0.286. The van der Waals surface area contributed by atoms with Crippen LogP contribution in [0.25, 0.3) is 0 Å². The highest BCUT2D eigenvalue weighted by Gasteiger charge is 2.24. The van der Waals surface area contributed by atoms with Crippen molar-refractivity contribution in [3.63, 3.8) is 0 Å². The number of amides is 4. The van der Waals surface area contributed by atoms with Gasteiger partial charge in [-0.2, -0.15) is 4.39 Å². The second-order valence-electron chi connectivity index (χ2n) is 7.45. The van der Waals surface area contributed by atoms with Crippen LogP contribution in [-0.2, 0) is 9.59 Å². The van der Waals surface area contributed by atoms with Crippen LogP contribution in [0.5, 0.6) is 0 Å². The summed E-state index contributed by atoms with van der Waals surface area (Å²) in [5.41, 5.74) is -0.416. The largest absolute Gasteiger partial charge is 0.348 e. The number of carbonyl (C=O) groups excluding carboxylic acids is 3. The molecular formula is C21H21F2N5O5. The lowest BCUT2D eigenvalue weighted by Gasteiger charge is -2.32. The summed E-state index contributed by atoms with van der Waals surface area (Å²) in [6.07, 6.45) is 1.20. The zero-order valence-corrected chi connectivity index (χ0v) is 17.3. The summed E-state index contributed by atoms with van der Waals surface area (Å²) in [5.74, 6) is -3.38. The van der Waals surface area contributed by atoms with E-state index in [9.17, 15) is 33.3 Å². The molecule has 2 aromatic carbocycles. The molecule has 0 atom stereocenters. The van der Waals surface area contributed by atoms with Gasteiger partial charge in [0.2, 0.25) is 5.82 Å². The molecule has 4 amide bonds. The Hall–Kier alpha value is -4.09. The first-order valence-corrected chi connectivity index (χ1v) is 10.1. The van der Waals surface area contributed by atoms with Gasteiger partial charge in [0, 0.05) is 37.1 Å². The number of nitro benzene ring substituents is 1. The number of nitrogens with one attached hydrogen (secondary N) is 3. The molecule has 1 saturated heterocycles. The van der Waals surface area contributed by atoms with Gasteiger partial charge in [-0.1, -0.05) is 0 Å². The molecule has 0 aromatic heterocycles. The van der Waals surface area contributed by atoms with E-state index in [1.807, 2.05) is 0 Å². The molecule has 10 nitrogen and oxygen atoms in total. The summed E-state index contributed by atoms with van der Waals surface area (Å²) in [7, 11) is 0. The molecule has 174 valence electrons. The molecule has 0 saturated carbocycles. The number of halogens is 2. The molecular weight excluding hydrogens is 440 g/mol. The quantitative estimate of drug-likeness (QED) is 0.358. The predicted octanol–water partition coefficient (Wildman–Crippen LogP) is 2.87. The van der Waals surface area contributed by atoms with Crippen LogP contribution in [0.3, 0.4) is 0 Å². The predicted molar refractivity (Wildman–Crippen MR) is 114 cm³/mol. The molecule has 1 aliphatic heterocycles. The minimum absolute atomic E-state index is 0.0449. The van der Waals surface area contributed by atoms with Gasteiger partial charge in [-0.25, -0.2) is 9.18 Å². The van der Waals surface area contributed by atoms with Crippen LogP contribution in [0, 0.1) is 27.7 Å². The molecule has 0 bridgehead atoms. The van der Waals surface area contributed by atoms with Crippen molar-refractivity contribution in [2.24, 2.45) is 5.92 Å². The van der Waals surface area contributed by atoms with Gasteiger partial charge in [-0.15, -0.1) is 0 Å². The van der Waals surface area contributed by atoms with E-state index in [4.69, 9.17) is 0 Å². The zero-order valence-electron chi connectivity index (χ0n) is 17.3. The SMILES string of the molecule is O=C(NCC1CCN(C(=O)Nc2ccc(F)cc2)CC1)C(=O)Nc1ccc(F)c([N+](=O)[O-])c1. The number of anilines is 2. The Balaban J connectivity index is 1.42.